The van der Waals surface area contributed by atoms with Gasteiger partial charge in [0.15, 0.2) is 6.04 Å². The molecule has 2 aromatic carbocycles. The van der Waals surface area contributed by atoms with Crippen molar-refractivity contribution in [2.24, 2.45) is 5.92 Å². The van der Waals surface area contributed by atoms with Crippen LogP contribution in [0.4, 0.5) is 4.79 Å². The van der Waals surface area contributed by atoms with Gasteiger partial charge in [-0.3, -0.25) is 10.1 Å². The third kappa shape index (κ3) is 5.43. The average molecular weight is 354 g/mol. The molecule has 26 heavy (non-hydrogen) atoms. The second-order valence-electron chi connectivity index (χ2n) is 6.61. The Labute approximate surface area is 155 Å². The van der Waals surface area contributed by atoms with Crippen LogP contribution in [-0.2, 0) is 4.79 Å². The highest BCUT2D eigenvalue weighted by Crippen LogP contribution is 2.19. The second kappa shape index (κ2) is 9.73. The van der Waals surface area contributed by atoms with E-state index in [4.69, 9.17) is 0 Å². The Morgan fingerprint density at radius 2 is 1.46 bits per heavy atom. The van der Waals surface area contributed by atoms with Crippen LogP contribution < -0.4 is 16.0 Å². The molecule has 0 saturated carbocycles. The summed E-state index contributed by atoms with van der Waals surface area (Å²) in [4.78, 5) is 24.6. The van der Waals surface area contributed by atoms with Crippen LogP contribution in [0.25, 0.3) is 0 Å². The number of carbonyl (C=O) groups excluding carboxylic acids is 2. The van der Waals surface area contributed by atoms with Gasteiger partial charge in [-0.15, -0.1) is 0 Å². The van der Waals surface area contributed by atoms with Gasteiger partial charge >= 0.3 is 6.03 Å². The molecule has 2 rings (SSSR count). The molecule has 0 aromatic heterocycles. The predicted octanol–water partition coefficient (Wildman–Crippen LogP) is 2.53. The van der Waals surface area contributed by atoms with Crippen molar-refractivity contribution in [2.75, 3.05) is 6.54 Å². The highest BCUT2D eigenvalue weighted by molar-refractivity contribution is 5.96. The Morgan fingerprint density at radius 1 is 0.923 bits per heavy atom. The Bertz CT molecular complexity index is 702. The number of hydrogen-bond acceptors (Lipinski definition) is 2. The van der Waals surface area contributed by atoms with E-state index in [-0.39, 0.29) is 11.9 Å². The van der Waals surface area contributed by atoms with E-state index in [1.807, 2.05) is 60.8 Å². The van der Waals surface area contributed by atoms with E-state index in [0.29, 0.717) is 12.5 Å². The molecule has 4 N–H and O–H groups in total. The van der Waals surface area contributed by atoms with Gasteiger partial charge in [-0.05, 0) is 6.92 Å². The number of amides is 3. The summed E-state index contributed by atoms with van der Waals surface area (Å²) in [5, 5.41) is 7.11. The molecule has 0 bridgehead atoms. The third-order valence-electron chi connectivity index (χ3n) is 4.32. The summed E-state index contributed by atoms with van der Waals surface area (Å²) in [5.74, 6) is 0.00427. The monoisotopic (exact) mass is 354 g/mol. The second-order valence-corrected chi connectivity index (χ2v) is 6.61. The first-order chi connectivity index (χ1) is 12.5. The summed E-state index contributed by atoms with van der Waals surface area (Å²) < 4.78 is 0. The molecule has 0 saturated heterocycles. The van der Waals surface area contributed by atoms with Crippen molar-refractivity contribution in [1.29, 1.82) is 0 Å². The van der Waals surface area contributed by atoms with E-state index in [9.17, 15) is 9.59 Å². The van der Waals surface area contributed by atoms with Gasteiger partial charge in [0.1, 0.15) is 6.04 Å². The molecule has 5 heteroatoms. The molecular weight excluding hydrogens is 326 g/mol. The van der Waals surface area contributed by atoms with E-state index in [1.165, 1.54) is 0 Å². The number of quaternary nitrogens is 1. The molecule has 2 aromatic rings. The predicted molar refractivity (Wildman–Crippen MR) is 102 cm³/mol. The van der Waals surface area contributed by atoms with Crippen molar-refractivity contribution in [3.63, 3.8) is 0 Å². The van der Waals surface area contributed by atoms with Crippen molar-refractivity contribution in [3.05, 3.63) is 71.8 Å². The zero-order chi connectivity index (χ0) is 18.9. The van der Waals surface area contributed by atoms with Gasteiger partial charge in [-0.25, -0.2) is 4.79 Å². The maximum Gasteiger partial charge on any atom is 0.321 e. The Balaban J connectivity index is 2.28. The van der Waals surface area contributed by atoms with Gasteiger partial charge in [-0.2, -0.15) is 0 Å². The van der Waals surface area contributed by atoms with Crippen LogP contribution in [0.15, 0.2) is 60.7 Å². The molecule has 3 amide bonds. The highest BCUT2D eigenvalue weighted by Gasteiger charge is 2.31. The zero-order valence-electron chi connectivity index (χ0n) is 15.6. The first kappa shape index (κ1) is 19.7. The van der Waals surface area contributed by atoms with E-state index < -0.39 is 12.1 Å². The van der Waals surface area contributed by atoms with Crippen molar-refractivity contribution < 1.29 is 14.9 Å². The van der Waals surface area contributed by atoms with Gasteiger partial charge in [0.25, 0.3) is 5.91 Å². The van der Waals surface area contributed by atoms with Gasteiger partial charge in [0.05, 0.1) is 0 Å². The molecule has 0 fully saturated rings. The summed E-state index contributed by atoms with van der Waals surface area (Å²) >= 11 is 0. The minimum absolute atomic E-state index is 0.0985. The molecule has 0 aliphatic carbocycles. The Hall–Kier alpha value is -2.66. The van der Waals surface area contributed by atoms with E-state index in [0.717, 1.165) is 11.1 Å². The maximum absolute atomic E-state index is 12.8. The fourth-order valence-electron chi connectivity index (χ4n) is 3.01. The van der Waals surface area contributed by atoms with Crippen molar-refractivity contribution in [1.82, 2.24) is 10.6 Å². The van der Waals surface area contributed by atoms with E-state index in [1.54, 1.807) is 0 Å². The summed E-state index contributed by atoms with van der Waals surface area (Å²) in [7, 11) is 0. The molecule has 0 radical (unpaired) electrons. The fraction of sp³-hybridized carbons (Fsp3) is 0.333. The minimum atomic E-state index is -0.508. The van der Waals surface area contributed by atoms with Crippen LogP contribution in [0, 0.1) is 5.92 Å². The lowest BCUT2D eigenvalue weighted by atomic mass is 9.94. The molecule has 5 nitrogen and oxygen atoms in total. The number of benzene rings is 2. The standard InChI is InChI=1S/C21H27N3O2/c1-4-22-21(26)24-20(25)19(17-13-9-6-10-14-17)23-18(15(2)3)16-11-7-5-8-12-16/h5-15,18-19,23H,4H2,1-3H3,(H2,22,24,25,26)/p+1/t18-,19-/m0/s1. The van der Waals surface area contributed by atoms with Crippen LogP contribution >= 0.6 is 0 Å². The Kier molecular flexibility index (Phi) is 7.36. The van der Waals surface area contributed by atoms with Crippen LogP contribution in [0.5, 0.6) is 0 Å². The lowest BCUT2D eigenvalue weighted by Crippen LogP contribution is -2.89. The highest BCUT2D eigenvalue weighted by atomic mass is 16.2. The fourth-order valence-corrected chi connectivity index (χ4v) is 3.01. The molecule has 0 aliphatic heterocycles. The molecule has 0 unspecified atom stereocenters. The molecular formula is C21H28N3O2+. The topological polar surface area (TPSA) is 74.8 Å². The molecule has 0 spiro atoms. The summed E-state index contributed by atoms with van der Waals surface area (Å²) in [6.45, 7) is 6.56. The third-order valence-corrected chi connectivity index (χ3v) is 4.32. The number of urea groups is 1. The number of hydrogen-bond donors (Lipinski definition) is 3. The van der Waals surface area contributed by atoms with Gasteiger partial charge in [0.2, 0.25) is 0 Å². The first-order valence-electron chi connectivity index (χ1n) is 9.06. The molecule has 138 valence electrons. The van der Waals surface area contributed by atoms with E-state index in [2.05, 4.69) is 36.6 Å². The van der Waals surface area contributed by atoms with Crippen LogP contribution in [0.3, 0.4) is 0 Å². The van der Waals surface area contributed by atoms with Crippen LogP contribution in [0.2, 0.25) is 0 Å². The van der Waals surface area contributed by atoms with Crippen molar-refractivity contribution in [3.8, 4) is 0 Å². The molecule has 0 aliphatic rings. The largest absolute Gasteiger partial charge is 0.338 e. The van der Waals surface area contributed by atoms with Gasteiger partial charge in [0, 0.05) is 23.6 Å². The zero-order valence-corrected chi connectivity index (χ0v) is 15.6. The quantitative estimate of drug-likeness (QED) is 0.715. The SMILES string of the molecule is CCNC(=O)NC(=O)[C@@H]([NH2+][C@H](c1ccccc1)C(C)C)c1ccccc1. The van der Waals surface area contributed by atoms with Crippen LogP contribution in [0.1, 0.15) is 44.0 Å². The number of imide groups is 1. The minimum Gasteiger partial charge on any atom is -0.338 e. The number of nitrogens with two attached hydrogens (primary N) is 1. The van der Waals surface area contributed by atoms with Gasteiger partial charge in [-0.1, -0.05) is 74.5 Å². The summed E-state index contributed by atoms with van der Waals surface area (Å²) in [5.41, 5.74) is 2.03. The normalized spacial score (nSPS) is 13.1. The Morgan fingerprint density at radius 3 is 1.96 bits per heavy atom. The summed E-state index contributed by atoms with van der Waals surface area (Å²) in [6.07, 6.45) is 0. The lowest BCUT2D eigenvalue weighted by Gasteiger charge is -2.25. The number of nitrogens with one attached hydrogen (secondary N) is 2. The first-order valence-corrected chi connectivity index (χ1v) is 9.06. The maximum atomic E-state index is 12.8. The lowest BCUT2D eigenvalue weighted by molar-refractivity contribution is -0.728. The summed E-state index contributed by atoms with van der Waals surface area (Å²) in [6, 6.07) is 18.8. The van der Waals surface area contributed by atoms with Crippen molar-refractivity contribution in [2.45, 2.75) is 32.9 Å². The average Bonchev–Trinajstić information content (AvgIpc) is 2.63. The molecule has 2 atom stereocenters. The number of carbonyl (C=O) groups is 2. The number of rotatable bonds is 7. The van der Waals surface area contributed by atoms with E-state index >= 15 is 0 Å². The van der Waals surface area contributed by atoms with Crippen LogP contribution in [-0.4, -0.2) is 18.5 Å². The van der Waals surface area contributed by atoms with Gasteiger partial charge < -0.3 is 10.6 Å². The smallest absolute Gasteiger partial charge is 0.321 e. The molecule has 0 heterocycles. The van der Waals surface area contributed by atoms with Crippen molar-refractivity contribution >= 4 is 11.9 Å².